The third-order valence-corrected chi connectivity index (χ3v) is 5.17. The molecule has 0 spiro atoms. The van der Waals surface area contributed by atoms with Crippen LogP contribution in [0.1, 0.15) is 11.1 Å². The molecule has 0 aliphatic heterocycles. The van der Waals surface area contributed by atoms with Gasteiger partial charge in [-0.1, -0.05) is 35.3 Å². The topological polar surface area (TPSA) is 60.2 Å². The Morgan fingerprint density at radius 3 is 2.45 bits per heavy atom. The minimum Gasteiger partial charge on any atom is -0.398 e. The Bertz CT molecular complexity index is 758. The first-order valence-electron chi connectivity index (χ1n) is 5.82. The maximum Gasteiger partial charge on any atom is 0.184 e. The number of nitrogen functional groups attached to an aromatic ring is 1. The number of benzene rings is 2. The lowest BCUT2D eigenvalue weighted by atomic mass is 10.2. The Hall–Kier alpha value is -1.23. The number of rotatable bonds is 3. The highest BCUT2D eigenvalue weighted by atomic mass is 35.5. The number of sulfone groups is 1. The molecule has 0 heterocycles. The highest BCUT2D eigenvalue weighted by Crippen LogP contribution is 2.28. The average molecular weight is 330 g/mol. The minimum atomic E-state index is -3.55. The fraction of sp³-hybridized carbons (Fsp3) is 0.143. The predicted octanol–water partition coefficient (Wildman–Crippen LogP) is 3.86. The summed E-state index contributed by atoms with van der Waals surface area (Å²) in [6, 6.07) is 9.66. The summed E-state index contributed by atoms with van der Waals surface area (Å²) < 4.78 is 24.9. The fourth-order valence-corrected chi connectivity index (χ4v) is 4.00. The SMILES string of the molecule is Cc1ccc(N)c(S(=O)(=O)Cc2ccc(Cl)cc2Cl)c1. The smallest absolute Gasteiger partial charge is 0.184 e. The highest BCUT2D eigenvalue weighted by molar-refractivity contribution is 7.90. The molecule has 6 heteroatoms. The second kappa shape index (κ2) is 5.64. The van der Waals surface area contributed by atoms with E-state index < -0.39 is 9.84 Å². The summed E-state index contributed by atoms with van der Waals surface area (Å²) in [6.45, 7) is 1.81. The molecule has 2 N–H and O–H groups in total. The molecule has 2 aromatic rings. The van der Waals surface area contributed by atoms with Crippen molar-refractivity contribution in [3.05, 3.63) is 57.6 Å². The Balaban J connectivity index is 2.43. The molecule has 0 atom stereocenters. The van der Waals surface area contributed by atoms with E-state index in [4.69, 9.17) is 28.9 Å². The molecule has 2 aromatic carbocycles. The van der Waals surface area contributed by atoms with E-state index in [1.807, 2.05) is 6.92 Å². The molecule has 0 saturated carbocycles. The number of hydrogen-bond donors (Lipinski definition) is 1. The van der Waals surface area contributed by atoms with E-state index in [0.29, 0.717) is 15.6 Å². The third kappa shape index (κ3) is 3.26. The second-order valence-electron chi connectivity index (χ2n) is 4.54. The molecule has 0 unspecified atom stereocenters. The van der Waals surface area contributed by atoms with Crippen LogP contribution in [0.4, 0.5) is 5.69 Å². The van der Waals surface area contributed by atoms with Gasteiger partial charge in [-0.15, -0.1) is 0 Å². The summed E-state index contributed by atoms with van der Waals surface area (Å²) in [5.41, 5.74) is 7.33. The Kier molecular flexibility index (Phi) is 4.28. The summed E-state index contributed by atoms with van der Waals surface area (Å²) >= 11 is 11.8. The zero-order valence-electron chi connectivity index (χ0n) is 10.7. The van der Waals surface area contributed by atoms with Gasteiger partial charge in [0, 0.05) is 10.0 Å². The quantitative estimate of drug-likeness (QED) is 0.870. The van der Waals surface area contributed by atoms with Crippen molar-refractivity contribution in [2.75, 3.05) is 5.73 Å². The van der Waals surface area contributed by atoms with Gasteiger partial charge in [0.25, 0.3) is 0 Å². The van der Waals surface area contributed by atoms with Crippen LogP contribution in [0.2, 0.25) is 10.0 Å². The molecule has 0 aliphatic carbocycles. The monoisotopic (exact) mass is 329 g/mol. The molecule has 0 fully saturated rings. The molecule has 0 amide bonds. The molecule has 3 nitrogen and oxygen atoms in total. The van der Waals surface area contributed by atoms with E-state index in [1.54, 1.807) is 30.3 Å². The van der Waals surface area contributed by atoms with Gasteiger partial charge in [0.15, 0.2) is 9.84 Å². The van der Waals surface area contributed by atoms with Gasteiger partial charge in [-0.2, -0.15) is 0 Å². The Labute approximate surface area is 128 Å². The van der Waals surface area contributed by atoms with Gasteiger partial charge in [0.05, 0.1) is 16.3 Å². The molecule has 0 aromatic heterocycles. The average Bonchev–Trinajstić information content (AvgIpc) is 2.35. The largest absolute Gasteiger partial charge is 0.398 e. The van der Waals surface area contributed by atoms with Crippen LogP contribution in [0.15, 0.2) is 41.3 Å². The van der Waals surface area contributed by atoms with Crippen LogP contribution in [0, 0.1) is 6.92 Å². The van der Waals surface area contributed by atoms with E-state index in [9.17, 15) is 8.42 Å². The first kappa shape index (κ1) is 15.2. The van der Waals surface area contributed by atoms with Gasteiger partial charge >= 0.3 is 0 Å². The van der Waals surface area contributed by atoms with Crippen LogP contribution in [-0.2, 0) is 15.6 Å². The maximum absolute atomic E-state index is 12.4. The van der Waals surface area contributed by atoms with Crippen molar-refractivity contribution in [2.45, 2.75) is 17.6 Å². The van der Waals surface area contributed by atoms with E-state index in [0.717, 1.165) is 5.56 Å². The summed E-state index contributed by atoms with van der Waals surface area (Å²) in [4.78, 5) is 0.128. The number of aryl methyl sites for hydroxylation is 1. The summed E-state index contributed by atoms with van der Waals surface area (Å²) in [7, 11) is -3.55. The van der Waals surface area contributed by atoms with Crippen LogP contribution in [-0.4, -0.2) is 8.42 Å². The summed E-state index contributed by atoms with van der Waals surface area (Å²) in [6.07, 6.45) is 0. The lowest BCUT2D eigenvalue weighted by Gasteiger charge is -2.10. The third-order valence-electron chi connectivity index (χ3n) is 2.86. The highest BCUT2D eigenvalue weighted by Gasteiger charge is 2.20. The van der Waals surface area contributed by atoms with Crippen LogP contribution in [0.25, 0.3) is 0 Å². The molecule has 0 saturated heterocycles. The molecule has 2 rings (SSSR count). The molecule has 20 heavy (non-hydrogen) atoms. The van der Waals surface area contributed by atoms with Crippen LogP contribution >= 0.6 is 23.2 Å². The van der Waals surface area contributed by atoms with Crippen molar-refractivity contribution < 1.29 is 8.42 Å². The van der Waals surface area contributed by atoms with Crippen molar-refractivity contribution >= 4 is 38.7 Å². The van der Waals surface area contributed by atoms with E-state index in [2.05, 4.69) is 0 Å². The van der Waals surface area contributed by atoms with E-state index in [-0.39, 0.29) is 16.3 Å². The van der Waals surface area contributed by atoms with Gasteiger partial charge in [0.1, 0.15) is 0 Å². The van der Waals surface area contributed by atoms with Crippen molar-refractivity contribution in [3.8, 4) is 0 Å². The summed E-state index contributed by atoms with van der Waals surface area (Å²) in [5.74, 6) is -0.212. The Morgan fingerprint density at radius 2 is 1.80 bits per heavy atom. The minimum absolute atomic E-state index is 0.128. The van der Waals surface area contributed by atoms with Gasteiger partial charge in [-0.3, -0.25) is 0 Å². The number of nitrogens with two attached hydrogens (primary N) is 1. The van der Waals surface area contributed by atoms with Crippen molar-refractivity contribution in [1.82, 2.24) is 0 Å². The lowest BCUT2D eigenvalue weighted by Crippen LogP contribution is -2.08. The molecule has 106 valence electrons. The zero-order chi connectivity index (χ0) is 14.9. The molecule has 0 aliphatic rings. The van der Waals surface area contributed by atoms with Crippen molar-refractivity contribution in [3.63, 3.8) is 0 Å². The summed E-state index contributed by atoms with van der Waals surface area (Å²) in [5, 5.41) is 0.790. The Morgan fingerprint density at radius 1 is 1.10 bits per heavy atom. The molecular weight excluding hydrogens is 317 g/mol. The second-order valence-corrected chi connectivity index (χ2v) is 7.34. The standard InChI is InChI=1S/C14H13Cl2NO2S/c1-9-2-5-13(17)14(6-9)20(18,19)8-10-3-4-11(15)7-12(10)16/h2-7H,8,17H2,1H3. The van der Waals surface area contributed by atoms with Crippen molar-refractivity contribution in [1.29, 1.82) is 0 Å². The fourth-order valence-electron chi connectivity index (χ4n) is 1.83. The van der Waals surface area contributed by atoms with Gasteiger partial charge in [-0.25, -0.2) is 8.42 Å². The van der Waals surface area contributed by atoms with E-state index in [1.165, 1.54) is 6.07 Å². The first-order chi connectivity index (χ1) is 9.29. The number of halogens is 2. The number of anilines is 1. The molecular formula is C14H13Cl2NO2S. The number of hydrogen-bond acceptors (Lipinski definition) is 3. The van der Waals surface area contributed by atoms with Crippen molar-refractivity contribution in [2.24, 2.45) is 0 Å². The van der Waals surface area contributed by atoms with Crippen LogP contribution < -0.4 is 5.73 Å². The van der Waals surface area contributed by atoms with Crippen LogP contribution in [0.3, 0.4) is 0 Å². The predicted molar refractivity (Wildman–Crippen MR) is 82.9 cm³/mol. The normalized spacial score (nSPS) is 11.6. The lowest BCUT2D eigenvalue weighted by molar-refractivity contribution is 0.595. The van der Waals surface area contributed by atoms with Gasteiger partial charge < -0.3 is 5.73 Å². The maximum atomic E-state index is 12.4. The van der Waals surface area contributed by atoms with Crippen LogP contribution in [0.5, 0.6) is 0 Å². The zero-order valence-corrected chi connectivity index (χ0v) is 13.1. The van der Waals surface area contributed by atoms with Gasteiger partial charge in [-0.05, 0) is 42.3 Å². The molecule has 0 radical (unpaired) electrons. The molecule has 0 bridgehead atoms. The van der Waals surface area contributed by atoms with Gasteiger partial charge in [0.2, 0.25) is 0 Å². The first-order valence-corrected chi connectivity index (χ1v) is 8.23. The van der Waals surface area contributed by atoms with E-state index >= 15 is 0 Å².